The van der Waals surface area contributed by atoms with Crippen molar-refractivity contribution in [2.24, 2.45) is 0 Å². The summed E-state index contributed by atoms with van der Waals surface area (Å²) in [5.41, 5.74) is 0.690. The number of methoxy groups -OCH3 is 1. The van der Waals surface area contributed by atoms with Gasteiger partial charge in [0.2, 0.25) is 0 Å². The number of nitro benzene ring substituents is 1. The largest absolute Gasteiger partial charge is 0.496 e. The standard InChI is InChI=1S/C14H17NO5/c1-19-14-7-10(6-11(8-14)15(17)18)9-20-13-4-2-12(16)3-5-13/h6-8,13H,2-5,9H2,1H3. The van der Waals surface area contributed by atoms with E-state index in [0.29, 0.717) is 24.2 Å². The van der Waals surface area contributed by atoms with Crippen molar-refractivity contribution in [2.45, 2.75) is 38.4 Å². The number of carbonyl (C=O) groups excluding carboxylic acids is 1. The smallest absolute Gasteiger partial charge is 0.273 e. The molecule has 2 rings (SSSR count). The van der Waals surface area contributed by atoms with Gasteiger partial charge in [0.05, 0.1) is 30.8 Å². The highest BCUT2D eigenvalue weighted by Crippen LogP contribution is 2.25. The zero-order valence-electron chi connectivity index (χ0n) is 11.3. The molecule has 0 N–H and O–H groups in total. The van der Waals surface area contributed by atoms with Gasteiger partial charge in [-0.25, -0.2) is 0 Å². The summed E-state index contributed by atoms with van der Waals surface area (Å²) >= 11 is 0. The van der Waals surface area contributed by atoms with Gasteiger partial charge in [0, 0.05) is 18.9 Å². The summed E-state index contributed by atoms with van der Waals surface area (Å²) in [4.78, 5) is 21.5. The minimum Gasteiger partial charge on any atom is -0.496 e. The van der Waals surface area contributed by atoms with Crippen LogP contribution in [0.25, 0.3) is 0 Å². The molecule has 0 saturated heterocycles. The maximum absolute atomic E-state index is 11.1. The number of carbonyl (C=O) groups is 1. The molecule has 0 unspecified atom stereocenters. The van der Waals surface area contributed by atoms with Crippen LogP contribution in [0.4, 0.5) is 5.69 Å². The number of ether oxygens (including phenoxy) is 2. The molecular weight excluding hydrogens is 262 g/mol. The van der Waals surface area contributed by atoms with E-state index < -0.39 is 4.92 Å². The second-order valence-electron chi connectivity index (χ2n) is 4.85. The van der Waals surface area contributed by atoms with Crippen molar-refractivity contribution in [2.75, 3.05) is 7.11 Å². The second-order valence-corrected chi connectivity index (χ2v) is 4.85. The summed E-state index contributed by atoms with van der Waals surface area (Å²) in [7, 11) is 1.47. The third kappa shape index (κ3) is 3.77. The van der Waals surface area contributed by atoms with Crippen molar-refractivity contribution >= 4 is 11.5 Å². The highest BCUT2D eigenvalue weighted by atomic mass is 16.6. The predicted octanol–water partition coefficient (Wildman–Crippen LogP) is 2.63. The zero-order valence-corrected chi connectivity index (χ0v) is 11.3. The van der Waals surface area contributed by atoms with E-state index in [1.54, 1.807) is 6.07 Å². The first-order valence-corrected chi connectivity index (χ1v) is 6.54. The average molecular weight is 279 g/mol. The second kappa shape index (κ2) is 6.47. The highest BCUT2D eigenvalue weighted by Gasteiger charge is 2.19. The number of benzene rings is 1. The normalized spacial score (nSPS) is 16.1. The lowest BCUT2D eigenvalue weighted by atomic mass is 9.96. The van der Waals surface area contributed by atoms with Gasteiger partial charge >= 0.3 is 0 Å². The molecule has 1 aromatic rings. The molecule has 1 saturated carbocycles. The Labute approximate surface area is 116 Å². The molecule has 0 spiro atoms. The van der Waals surface area contributed by atoms with E-state index in [9.17, 15) is 14.9 Å². The number of hydrogen-bond acceptors (Lipinski definition) is 5. The third-order valence-electron chi connectivity index (χ3n) is 3.37. The number of nitro groups is 1. The summed E-state index contributed by atoms with van der Waals surface area (Å²) in [6.07, 6.45) is 2.62. The third-order valence-corrected chi connectivity index (χ3v) is 3.37. The first-order chi connectivity index (χ1) is 9.58. The van der Waals surface area contributed by atoms with E-state index in [4.69, 9.17) is 9.47 Å². The molecular formula is C14H17NO5. The molecule has 0 aromatic heterocycles. The van der Waals surface area contributed by atoms with Gasteiger partial charge in [0.1, 0.15) is 11.5 Å². The minimum absolute atomic E-state index is 0.0122. The molecule has 20 heavy (non-hydrogen) atoms. The maximum Gasteiger partial charge on any atom is 0.273 e. The fourth-order valence-electron chi connectivity index (χ4n) is 2.24. The van der Waals surface area contributed by atoms with Crippen LogP contribution >= 0.6 is 0 Å². The molecule has 0 radical (unpaired) electrons. The van der Waals surface area contributed by atoms with Gasteiger partial charge in [0.25, 0.3) is 5.69 Å². The number of Topliss-reactive ketones (excluding diaryl/α,β-unsaturated/α-hetero) is 1. The molecule has 0 heterocycles. The molecule has 1 aliphatic carbocycles. The Bertz CT molecular complexity index is 504. The summed E-state index contributed by atoms with van der Waals surface area (Å²) in [5.74, 6) is 0.721. The molecule has 108 valence electrons. The average Bonchev–Trinajstić information content (AvgIpc) is 2.46. The van der Waals surface area contributed by atoms with Gasteiger partial charge in [-0.3, -0.25) is 14.9 Å². The fraction of sp³-hybridized carbons (Fsp3) is 0.500. The van der Waals surface area contributed by atoms with Crippen LogP contribution in [-0.2, 0) is 16.1 Å². The van der Waals surface area contributed by atoms with Crippen LogP contribution in [0, 0.1) is 10.1 Å². The Morgan fingerprint density at radius 2 is 2.00 bits per heavy atom. The Morgan fingerprint density at radius 3 is 2.60 bits per heavy atom. The van der Waals surface area contributed by atoms with Gasteiger partial charge < -0.3 is 9.47 Å². The van der Waals surface area contributed by atoms with E-state index >= 15 is 0 Å². The van der Waals surface area contributed by atoms with Crippen molar-refractivity contribution in [1.29, 1.82) is 0 Å². The number of nitrogens with zero attached hydrogens (tertiary/aromatic N) is 1. The summed E-state index contributed by atoms with van der Waals surface area (Å²) < 4.78 is 10.8. The minimum atomic E-state index is -0.453. The summed E-state index contributed by atoms with van der Waals surface area (Å²) in [5, 5.41) is 10.8. The van der Waals surface area contributed by atoms with Gasteiger partial charge in [0.15, 0.2) is 0 Å². The van der Waals surface area contributed by atoms with Gasteiger partial charge in [-0.2, -0.15) is 0 Å². The molecule has 6 nitrogen and oxygen atoms in total. The van der Waals surface area contributed by atoms with Crippen LogP contribution in [0.3, 0.4) is 0 Å². The van der Waals surface area contributed by atoms with Crippen LogP contribution in [0.15, 0.2) is 18.2 Å². The number of rotatable bonds is 5. The molecule has 0 bridgehead atoms. The van der Waals surface area contributed by atoms with Gasteiger partial charge in [-0.1, -0.05) is 0 Å². The van der Waals surface area contributed by atoms with Crippen molar-refractivity contribution in [3.63, 3.8) is 0 Å². The van der Waals surface area contributed by atoms with Crippen molar-refractivity contribution in [1.82, 2.24) is 0 Å². The SMILES string of the molecule is COc1cc(COC2CCC(=O)CC2)cc([N+](=O)[O-])c1. The Balaban J connectivity index is 1.99. The molecule has 1 fully saturated rings. The molecule has 0 atom stereocenters. The quantitative estimate of drug-likeness (QED) is 0.611. The van der Waals surface area contributed by atoms with Crippen molar-refractivity contribution in [3.05, 3.63) is 33.9 Å². The molecule has 1 aliphatic rings. The lowest BCUT2D eigenvalue weighted by Crippen LogP contribution is -2.21. The zero-order chi connectivity index (χ0) is 14.5. The molecule has 0 aliphatic heterocycles. The van der Waals surface area contributed by atoms with Crippen LogP contribution < -0.4 is 4.74 Å². The van der Waals surface area contributed by atoms with Crippen LogP contribution in [0.2, 0.25) is 0 Å². The van der Waals surface area contributed by atoms with E-state index in [2.05, 4.69) is 0 Å². The van der Waals surface area contributed by atoms with Crippen molar-refractivity contribution in [3.8, 4) is 5.75 Å². The van der Waals surface area contributed by atoms with E-state index in [1.165, 1.54) is 19.2 Å². The first kappa shape index (κ1) is 14.5. The van der Waals surface area contributed by atoms with Gasteiger partial charge in [-0.15, -0.1) is 0 Å². The lowest BCUT2D eigenvalue weighted by Gasteiger charge is -2.21. The molecule has 0 amide bonds. The molecule has 6 heteroatoms. The Morgan fingerprint density at radius 1 is 1.30 bits per heavy atom. The monoisotopic (exact) mass is 279 g/mol. The maximum atomic E-state index is 11.1. The van der Waals surface area contributed by atoms with Gasteiger partial charge in [-0.05, 0) is 24.5 Å². The van der Waals surface area contributed by atoms with E-state index in [1.807, 2.05) is 0 Å². The molecule has 1 aromatic carbocycles. The highest BCUT2D eigenvalue weighted by molar-refractivity contribution is 5.79. The number of non-ortho nitro benzene ring substituents is 1. The first-order valence-electron chi connectivity index (χ1n) is 6.54. The van der Waals surface area contributed by atoms with Crippen molar-refractivity contribution < 1.29 is 19.2 Å². The summed E-state index contributed by atoms with van der Waals surface area (Å²) in [6, 6.07) is 4.58. The topological polar surface area (TPSA) is 78.7 Å². The Hall–Kier alpha value is -1.95. The summed E-state index contributed by atoms with van der Waals surface area (Å²) in [6.45, 7) is 0.289. The number of hydrogen-bond donors (Lipinski definition) is 0. The number of ketones is 1. The van der Waals surface area contributed by atoms with Crippen LogP contribution in [0.1, 0.15) is 31.2 Å². The van der Waals surface area contributed by atoms with Crippen LogP contribution in [0.5, 0.6) is 5.75 Å². The fourth-order valence-corrected chi connectivity index (χ4v) is 2.24. The predicted molar refractivity (Wildman–Crippen MR) is 71.7 cm³/mol. The van der Waals surface area contributed by atoms with E-state index in [0.717, 1.165) is 12.8 Å². The Kier molecular flexibility index (Phi) is 4.68. The lowest BCUT2D eigenvalue weighted by molar-refractivity contribution is -0.385. The van der Waals surface area contributed by atoms with Crippen LogP contribution in [-0.4, -0.2) is 23.9 Å². The van der Waals surface area contributed by atoms with E-state index in [-0.39, 0.29) is 24.2 Å².